The molecule has 124 valence electrons. The lowest BCUT2D eigenvalue weighted by atomic mass is 10.0. The number of ether oxygens (including phenoxy) is 1. The summed E-state index contributed by atoms with van der Waals surface area (Å²) in [7, 11) is 0. The summed E-state index contributed by atoms with van der Waals surface area (Å²) in [6.45, 7) is 8.24. The van der Waals surface area contributed by atoms with Crippen molar-refractivity contribution in [2.45, 2.75) is 18.9 Å². The van der Waals surface area contributed by atoms with Crippen LogP contribution in [-0.2, 0) is 9.53 Å². The SMILES string of the molecule is C=CC(=O)N1CCC(Nc2cc(N3CCOCC3)ncn2)CC1. The largest absolute Gasteiger partial charge is 0.378 e. The van der Waals surface area contributed by atoms with E-state index in [1.165, 1.54) is 6.08 Å². The number of carbonyl (C=O) groups is 1. The number of piperidine rings is 1. The molecule has 1 amide bonds. The maximum atomic E-state index is 11.6. The molecule has 7 heteroatoms. The van der Waals surface area contributed by atoms with E-state index < -0.39 is 0 Å². The van der Waals surface area contributed by atoms with E-state index in [1.54, 1.807) is 6.33 Å². The van der Waals surface area contributed by atoms with Crippen LogP contribution in [0, 0.1) is 0 Å². The number of nitrogens with zero attached hydrogens (tertiary/aromatic N) is 4. The molecule has 2 aliphatic rings. The summed E-state index contributed by atoms with van der Waals surface area (Å²) in [5, 5.41) is 3.47. The second kappa shape index (κ2) is 7.41. The molecule has 2 aliphatic heterocycles. The van der Waals surface area contributed by atoms with E-state index in [1.807, 2.05) is 11.0 Å². The van der Waals surface area contributed by atoms with Crippen molar-refractivity contribution in [2.24, 2.45) is 0 Å². The first-order valence-electron chi connectivity index (χ1n) is 8.09. The predicted octanol–water partition coefficient (Wildman–Crippen LogP) is 0.902. The Kier molecular flexibility index (Phi) is 5.07. The van der Waals surface area contributed by atoms with Crippen LogP contribution < -0.4 is 10.2 Å². The number of hydrogen-bond acceptors (Lipinski definition) is 6. The molecule has 0 aliphatic carbocycles. The second-order valence-electron chi connectivity index (χ2n) is 5.81. The third kappa shape index (κ3) is 3.98. The molecule has 1 N–H and O–H groups in total. The molecule has 3 rings (SSSR count). The summed E-state index contributed by atoms with van der Waals surface area (Å²) in [5.41, 5.74) is 0. The van der Waals surface area contributed by atoms with E-state index in [-0.39, 0.29) is 5.91 Å². The van der Waals surface area contributed by atoms with Gasteiger partial charge >= 0.3 is 0 Å². The quantitative estimate of drug-likeness (QED) is 0.832. The zero-order valence-electron chi connectivity index (χ0n) is 13.3. The van der Waals surface area contributed by atoms with Gasteiger partial charge in [-0.15, -0.1) is 0 Å². The van der Waals surface area contributed by atoms with Crippen molar-refractivity contribution < 1.29 is 9.53 Å². The number of hydrogen-bond donors (Lipinski definition) is 1. The van der Waals surface area contributed by atoms with Gasteiger partial charge in [-0.25, -0.2) is 9.97 Å². The maximum absolute atomic E-state index is 11.6. The van der Waals surface area contributed by atoms with E-state index in [2.05, 4.69) is 26.8 Å². The Morgan fingerprint density at radius 2 is 2.00 bits per heavy atom. The highest BCUT2D eigenvalue weighted by molar-refractivity contribution is 5.87. The average molecular weight is 317 g/mol. The molecule has 0 unspecified atom stereocenters. The van der Waals surface area contributed by atoms with Crippen molar-refractivity contribution >= 4 is 17.5 Å². The molecular formula is C16H23N5O2. The average Bonchev–Trinajstić information content (AvgIpc) is 2.63. The Bertz CT molecular complexity index is 551. The minimum Gasteiger partial charge on any atom is -0.378 e. The third-order valence-corrected chi connectivity index (χ3v) is 4.32. The third-order valence-electron chi connectivity index (χ3n) is 4.32. The van der Waals surface area contributed by atoms with Gasteiger partial charge in [-0.3, -0.25) is 4.79 Å². The zero-order valence-corrected chi connectivity index (χ0v) is 13.3. The van der Waals surface area contributed by atoms with Crippen LogP contribution in [0.25, 0.3) is 0 Å². The normalized spacial score (nSPS) is 19.5. The van der Waals surface area contributed by atoms with Crippen molar-refractivity contribution in [3.63, 3.8) is 0 Å². The predicted molar refractivity (Wildman–Crippen MR) is 88.5 cm³/mol. The fourth-order valence-electron chi connectivity index (χ4n) is 2.97. The molecule has 7 nitrogen and oxygen atoms in total. The van der Waals surface area contributed by atoms with Crippen LogP contribution in [0.1, 0.15) is 12.8 Å². The van der Waals surface area contributed by atoms with Crippen LogP contribution in [0.5, 0.6) is 0 Å². The molecule has 2 fully saturated rings. The lowest BCUT2D eigenvalue weighted by molar-refractivity contribution is -0.126. The highest BCUT2D eigenvalue weighted by Gasteiger charge is 2.22. The molecule has 2 saturated heterocycles. The molecule has 23 heavy (non-hydrogen) atoms. The van der Waals surface area contributed by atoms with Gasteiger partial charge in [-0.1, -0.05) is 6.58 Å². The van der Waals surface area contributed by atoms with Gasteiger partial charge in [-0.2, -0.15) is 0 Å². The number of amides is 1. The molecule has 1 aromatic heterocycles. The maximum Gasteiger partial charge on any atom is 0.245 e. The minimum absolute atomic E-state index is 0.0140. The summed E-state index contributed by atoms with van der Waals surface area (Å²) < 4.78 is 5.37. The van der Waals surface area contributed by atoms with Gasteiger partial charge in [-0.05, 0) is 18.9 Å². The molecule has 0 spiro atoms. The van der Waals surface area contributed by atoms with Crippen LogP contribution in [-0.4, -0.2) is 66.2 Å². The summed E-state index contributed by atoms with van der Waals surface area (Å²) in [6.07, 6.45) is 4.81. The Morgan fingerprint density at radius 3 is 2.70 bits per heavy atom. The molecule has 0 atom stereocenters. The molecule has 0 saturated carbocycles. The van der Waals surface area contributed by atoms with Gasteiger partial charge in [0.2, 0.25) is 5.91 Å². The van der Waals surface area contributed by atoms with Crippen molar-refractivity contribution in [3.8, 4) is 0 Å². The van der Waals surface area contributed by atoms with Crippen LogP contribution in [0.2, 0.25) is 0 Å². The van der Waals surface area contributed by atoms with Crippen LogP contribution >= 0.6 is 0 Å². The first-order chi connectivity index (χ1) is 11.3. The fraction of sp³-hybridized carbons (Fsp3) is 0.562. The van der Waals surface area contributed by atoms with Gasteiger partial charge in [0.15, 0.2) is 0 Å². The van der Waals surface area contributed by atoms with Crippen LogP contribution in [0.4, 0.5) is 11.6 Å². The van der Waals surface area contributed by atoms with E-state index in [0.29, 0.717) is 6.04 Å². The van der Waals surface area contributed by atoms with Gasteiger partial charge in [0.05, 0.1) is 13.2 Å². The number of nitrogens with one attached hydrogen (secondary N) is 1. The van der Waals surface area contributed by atoms with Crippen molar-refractivity contribution in [1.82, 2.24) is 14.9 Å². The van der Waals surface area contributed by atoms with Crippen LogP contribution in [0.15, 0.2) is 25.0 Å². The summed E-state index contributed by atoms with van der Waals surface area (Å²) in [6, 6.07) is 2.32. The van der Waals surface area contributed by atoms with Gasteiger partial charge in [0, 0.05) is 38.3 Å². The van der Waals surface area contributed by atoms with E-state index in [0.717, 1.165) is 63.9 Å². The Labute approximate surface area is 136 Å². The number of likely N-dealkylation sites (tertiary alicyclic amines) is 1. The molecule has 1 aromatic rings. The standard InChI is InChI=1S/C16H23N5O2/c1-2-16(22)21-5-3-13(4-6-21)19-14-11-15(18-12-17-14)20-7-9-23-10-8-20/h2,11-13H,1,3-10H2,(H,17,18,19). The lowest BCUT2D eigenvalue weighted by Gasteiger charge is -2.32. The molecule has 0 radical (unpaired) electrons. The van der Waals surface area contributed by atoms with E-state index in [9.17, 15) is 4.79 Å². The molecule has 0 bridgehead atoms. The highest BCUT2D eigenvalue weighted by atomic mass is 16.5. The first kappa shape index (κ1) is 15.7. The van der Waals surface area contributed by atoms with Crippen molar-refractivity contribution in [2.75, 3.05) is 49.6 Å². The number of aromatic nitrogens is 2. The highest BCUT2D eigenvalue weighted by Crippen LogP contribution is 2.19. The van der Waals surface area contributed by atoms with E-state index >= 15 is 0 Å². The Morgan fingerprint density at radius 1 is 1.26 bits per heavy atom. The minimum atomic E-state index is 0.0140. The smallest absolute Gasteiger partial charge is 0.245 e. The summed E-state index contributed by atoms with van der Waals surface area (Å²) >= 11 is 0. The number of morpholine rings is 1. The first-order valence-corrected chi connectivity index (χ1v) is 8.09. The van der Waals surface area contributed by atoms with Crippen molar-refractivity contribution in [1.29, 1.82) is 0 Å². The van der Waals surface area contributed by atoms with Gasteiger partial charge in [0.25, 0.3) is 0 Å². The molecular weight excluding hydrogens is 294 g/mol. The van der Waals surface area contributed by atoms with E-state index in [4.69, 9.17) is 4.74 Å². The number of rotatable bonds is 4. The summed E-state index contributed by atoms with van der Waals surface area (Å²) in [5.74, 6) is 1.79. The zero-order chi connectivity index (χ0) is 16.1. The second-order valence-corrected chi connectivity index (χ2v) is 5.81. The Hall–Kier alpha value is -2.15. The monoisotopic (exact) mass is 317 g/mol. The number of carbonyl (C=O) groups excluding carboxylic acids is 1. The van der Waals surface area contributed by atoms with Gasteiger partial charge < -0.3 is 19.9 Å². The van der Waals surface area contributed by atoms with Gasteiger partial charge in [0.1, 0.15) is 18.0 Å². The lowest BCUT2D eigenvalue weighted by Crippen LogP contribution is -2.41. The molecule has 3 heterocycles. The summed E-state index contributed by atoms with van der Waals surface area (Å²) in [4.78, 5) is 24.3. The van der Waals surface area contributed by atoms with Crippen molar-refractivity contribution in [3.05, 3.63) is 25.0 Å². The molecule has 0 aromatic carbocycles. The topological polar surface area (TPSA) is 70.6 Å². The van der Waals surface area contributed by atoms with Crippen LogP contribution in [0.3, 0.4) is 0 Å². The Balaban J connectivity index is 1.56. The fourth-order valence-corrected chi connectivity index (χ4v) is 2.97. The number of anilines is 2.